The first-order valence-electron chi connectivity index (χ1n) is 12.0. The molecule has 186 valence electrons. The van der Waals surface area contributed by atoms with Crippen LogP contribution in [0.3, 0.4) is 0 Å². The Balaban J connectivity index is 1.15. The third-order valence-corrected chi connectivity index (χ3v) is 7.04. The maximum absolute atomic E-state index is 12.9. The Morgan fingerprint density at radius 2 is 1.83 bits per heavy atom. The van der Waals surface area contributed by atoms with E-state index in [9.17, 15) is 9.59 Å². The summed E-state index contributed by atoms with van der Waals surface area (Å²) in [6, 6.07) is 16.5. The molecule has 36 heavy (non-hydrogen) atoms. The van der Waals surface area contributed by atoms with Crippen LogP contribution in [0.1, 0.15) is 36.7 Å². The molecule has 2 aliphatic heterocycles. The highest BCUT2D eigenvalue weighted by Gasteiger charge is 2.21. The van der Waals surface area contributed by atoms with Gasteiger partial charge in [0.05, 0.1) is 26.3 Å². The van der Waals surface area contributed by atoms with E-state index in [1.807, 2.05) is 23.6 Å². The minimum atomic E-state index is -0.256. The zero-order valence-electron chi connectivity index (χ0n) is 19.9. The predicted molar refractivity (Wildman–Crippen MR) is 139 cm³/mol. The molecule has 2 amide bonds. The molecule has 3 aromatic rings. The van der Waals surface area contributed by atoms with Crippen molar-refractivity contribution in [2.45, 2.75) is 13.1 Å². The minimum Gasteiger partial charge on any atom is -0.492 e. The second-order valence-corrected chi connectivity index (χ2v) is 9.61. The number of thiophene rings is 1. The molecule has 0 unspecified atom stereocenters. The molecule has 2 aromatic carbocycles. The molecular weight excluding hydrogens is 476 g/mol. The van der Waals surface area contributed by atoms with Gasteiger partial charge in [-0.25, -0.2) is 0 Å². The standard InChI is InChI=1S/C27H28N4O4S/c32-26(29-18-23-2-1-15-36-23)20-3-4-21-17-28-25(24(21)16-20)30-27(33)19-5-7-22(8-6-19)35-14-11-31-9-12-34-13-10-31/h1-8,15-16H,9-14,17-18H2,(H,29,32)(H,28,30,33). The monoisotopic (exact) mass is 504 g/mol. The Morgan fingerprint density at radius 1 is 1.03 bits per heavy atom. The number of benzene rings is 2. The number of rotatable bonds is 8. The van der Waals surface area contributed by atoms with E-state index in [4.69, 9.17) is 9.47 Å². The van der Waals surface area contributed by atoms with Crippen LogP contribution in [-0.2, 0) is 17.8 Å². The molecule has 2 N–H and O–H groups in total. The molecule has 1 saturated heterocycles. The largest absolute Gasteiger partial charge is 0.492 e. The van der Waals surface area contributed by atoms with Crippen molar-refractivity contribution in [1.29, 1.82) is 0 Å². The van der Waals surface area contributed by atoms with E-state index in [1.54, 1.807) is 47.7 Å². The summed E-state index contributed by atoms with van der Waals surface area (Å²) in [6.07, 6.45) is 0. The van der Waals surface area contributed by atoms with Gasteiger partial charge in [0.2, 0.25) is 0 Å². The number of amides is 2. The number of carbonyl (C=O) groups excluding carboxylic acids is 2. The lowest BCUT2D eigenvalue weighted by Gasteiger charge is -2.26. The molecule has 0 spiro atoms. The Bertz CT molecular complexity index is 1240. The van der Waals surface area contributed by atoms with Crippen LogP contribution >= 0.6 is 11.3 Å². The lowest BCUT2D eigenvalue weighted by molar-refractivity contribution is 0.0322. The molecule has 9 heteroatoms. The van der Waals surface area contributed by atoms with Gasteiger partial charge in [-0.3, -0.25) is 19.5 Å². The van der Waals surface area contributed by atoms with Crippen LogP contribution in [0.4, 0.5) is 0 Å². The Morgan fingerprint density at radius 3 is 2.61 bits per heavy atom. The third kappa shape index (κ3) is 5.99. The van der Waals surface area contributed by atoms with Gasteiger partial charge in [-0.2, -0.15) is 0 Å². The number of nitrogens with one attached hydrogen (secondary N) is 2. The smallest absolute Gasteiger partial charge is 0.256 e. The van der Waals surface area contributed by atoms with Gasteiger partial charge in [-0.15, -0.1) is 11.3 Å². The summed E-state index contributed by atoms with van der Waals surface area (Å²) in [5.41, 5.74) is 2.79. The second kappa shape index (κ2) is 11.5. The normalized spacial score (nSPS) is 15.2. The Kier molecular flexibility index (Phi) is 7.70. The Hall–Kier alpha value is -3.53. The molecule has 3 heterocycles. The number of carbonyl (C=O) groups is 2. The van der Waals surface area contributed by atoms with Crippen molar-refractivity contribution < 1.29 is 19.1 Å². The topological polar surface area (TPSA) is 92.3 Å². The fourth-order valence-electron chi connectivity index (χ4n) is 4.11. The zero-order chi connectivity index (χ0) is 24.7. The molecule has 1 aromatic heterocycles. The summed E-state index contributed by atoms with van der Waals surface area (Å²) < 4.78 is 11.2. The third-order valence-electron chi connectivity index (χ3n) is 6.17. The number of hydrogen-bond acceptors (Lipinski definition) is 7. The van der Waals surface area contributed by atoms with Crippen molar-refractivity contribution in [2.24, 2.45) is 4.99 Å². The highest BCUT2D eigenvalue weighted by Crippen LogP contribution is 2.21. The van der Waals surface area contributed by atoms with Crippen molar-refractivity contribution in [3.05, 3.63) is 87.1 Å². The number of morpholine rings is 1. The maximum atomic E-state index is 12.9. The van der Waals surface area contributed by atoms with Crippen LogP contribution in [-0.4, -0.2) is 62.0 Å². The van der Waals surface area contributed by atoms with Gasteiger partial charge in [0.15, 0.2) is 0 Å². The first-order valence-corrected chi connectivity index (χ1v) is 12.9. The van der Waals surface area contributed by atoms with Crippen molar-refractivity contribution >= 4 is 29.0 Å². The van der Waals surface area contributed by atoms with E-state index in [1.165, 1.54) is 0 Å². The van der Waals surface area contributed by atoms with Crippen molar-refractivity contribution in [2.75, 3.05) is 39.5 Å². The number of aliphatic imine (C=N–C) groups is 1. The highest BCUT2D eigenvalue weighted by molar-refractivity contribution is 7.09. The fourth-order valence-corrected chi connectivity index (χ4v) is 4.76. The van der Waals surface area contributed by atoms with Gasteiger partial charge >= 0.3 is 0 Å². The van der Waals surface area contributed by atoms with Gasteiger partial charge in [0.1, 0.15) is 18.2 Å². The molecule has 2 aliphatic rings. The number of fused-ring (bicyclic) bond motifs is 1. The molecule has 0 saturated carbocycles. The van der Waals surface area contributed by atoms with E-state index in [0.717, 1.165) is 54.6 Å². The van der Waals surface area contributed by atoms with E-state index in [2.05, 4.69) is 20.5 Å². The molecule has 5 rings (SSSR count). The van der Waals surface area contributed by atoms with Crippen molar-refractivity contribution in [3.63, 3.8) is 0 Å². The lowest BCUT2D eigenvalue weighted by atomic mass is 10.0. The van der Waals surface area contributed by atoms with Crippen LogP contribution in [0.25, 0.3) is 0 Å². The summed E-state index contributed by atoms with van der Waals surface area (Å²) in [5.74, 6) is 0.789. The first-order chi connectivity index (χ1) is 17.7. The van der Waals surface area contributed by atoms with Crippen LogP contribution in [0.15, 0.2) is 65.0 Å². The summed E-state index contributed by atoms with van der Waals surface area (Å²) in [6.45, 7) is 5.78. The summed E-state index contributed by atoms with van der Waals surface area (Å²) in [5, 5.41) is 7.82. The molecule has 0 atom stereocenters. The summed E-state index contributed by atoms with van der Waals surface area (Å²) in [4.78, 5) is 33.4. The molecule has 0 aliphatic carbocycles. The molecular formula is C27H28N4O4S. The van der Waals surface area contributed by atoms with Gasteiger partial charge in [-0.05, 0) is 53.4 Å². The van der Waals surface area contributed by atoms with E-state index in [-0.39, 0.29) is 11.8 Å². The van der Waals surface area contributed by atoms with Crippen molar-refractivity contribution in [3.8, 4) is 5.75 Å². The summed E-state index contributed by atoms with van der Waals surface area (Å²) >= 11 is 1.60. The SMILES string of the molecule is O=C(NCc1cccs1)c1ccc2c(c1)C(NC(=O)c1ccc(OCCN3CCOCC3)cc1)=NC2. The van der Waals surface area contributed by atoms with Crippen LogP contribution in [0.2, 0.25) is 0 Å². The fraction of sp³-hybridized carbons (Fsp3) is 0.296. The zero-order valence-corrected chi connectivity index (χ0v) is 20.7. The van der Waals surface area contributed by atoms with E-state index >= 15 is 0 Å². The quantitative estimate of drug-likeness (QED) is 0.492. The number of nitrogens with zero attached hydrogens (tertiary/aromatic N) is 2. The summed E-state index contributed by atoms with van der Waals surface area (Å²) in [7, 11) is 0. The average molecular weight is 505 g/mol. The first kappa shape index (κ1) is 24.2. The number of amidine groups is 1. The molecule has 0 radical (unpaired) electrons. The molecule has 1 fully saturated rings. The van der Waals surface area contributed by atoms with E-state index in [0.29, 0.717) is 36.7 Å². The van der Waals surface area contributed by atoms with Gasteiger partial charge in [-0.1, -0.05) is 12.1 Å². The van der Waals surface area contributed by atoms with Gasteiger partial charge in [0.25, 0.3) is 11.8 Å². The number of hydrogen-bond donors (Lipinski definition) is 2. The minimum absolute atomic E-state index is 0.159. The van der Waals surface area contributed by atoms with Crippen LogP contribution in [0.5, 0.6) is 5.75 Å². The molecule has 0 bridgehead atoms. The molecule has 8 nitrogen and oxygen atoms in total. The Labute approximate surface area is 213 Å². The van der Waals surface area contributed by atoms with Crippen LogP contribution in [0, 0.1) is 0 Å². The highest BCUT2D eigenvalue weighted by atomic mass is 32.1. The lowest BCUT2D eigenvalue weighted by Crippen LogP contribution is -2.38. The maximum Gasteiger partial charge on any atom is 0.256 e. The van der Waals surface area contributed by atoms with Crippen molar-refractivity contribution in [1.82, 2.24) is 15.5 Å². The van der Waals surface area contributed by atoms with Crippen LogP contribution < -0.4 is 15.4 Å². The van der Waals surface area contributed by atoms with E-state index < -0.39 is 0 Å². The van der Waals surface area contributed by atoms with Gasteiger partial charge < -0.3 is 20.1 Å². The predicted octanol–water partition coefficient (Wildman–Crippen LogP) is 3.08. The number of ether oxygens (including phenoxy) is 2. The average Bonchev–Trinajstić information content (AvgIpc) is 3.58. The second-order valence-electron chi connectivity index (χ2n) is 8.58. The van der Waals surface area contributed by atoms with Gasteiger partial charge in [0, 0.05) is 41.2 Å².